The van der Waals surface area contributed by atoms with Gasteiger partial charge < -0.3 is 9.73 Å². The third-order valence-corrected chi connectivity index (χ3v) is 11.1. The van der Waals surface area contributed by atoms with Crippen molar-refractivity contribution in [2.45, 2.75) is 65.7 Å². The van der Waals surface area contributed by atoms with Gasteiger partial charge in [-0.15, -0.1) is 12.6 Å². The number of ketones is 1. The molecule has 1 heterocycles. The number of Topliss-reactive ketones (excluding diaryl/α,β-unsaturated/α-hetero) is 1. The Balaban J connectivity index is 0.00000107. The van der Waals surface area contributed by atoms with Crippen LogP contribution in [0.3, 0.4) is 0 Å². The first-order valence-corrected chi connectivity index (χ1v) is 18.4. The van der Waals surface area contributed by atoms with E-state index in [4.69, 9.17) is 17.0 Å². The Morgan fingerprint density at radius 1 is 0.882 bits per heavy atom. The summed E-state index contributed by atoms with van der Waals surface area (Å²) in [7, 11) is -3.11. The number of hydrogen-bond acceptors (Lipinski definition) is 7. The minimum absolute atomic E-state index is 0.0780. The molecular weight excluding hydrogens is 661 g/mol. The number of carbonyl (C=O) groups is 2. The van der Waals surface area contributed by atoms with Crippen molar-refractivity contribution in [3.63, 3.8) is 0 Å². The molecule has 9 heteroatoms. The first-order valence-electron chi connectivity index (χ1n) is 17.4. The maximum atomic E-state index is 14.0. The molecule has 1 amide bonds. The van der Waals surface area contributed by atoms with E-state index < -0.39 is 16.5 Å². The van der Waals surface area contributed by atoms with Crippen LogP contribution in [0.25, 0.3) is 28.1 Å². The number of para-hydroxylation sites is 2. The van der Waals surface area contributed by atoms with Crippen molar-refractivity contribution in [2.75, 3.05) is 5.32 Å². The normalized spacial score (nSPS) is 19.1. The second-order valence-corrected chi connectivity index (χ2v) is 14.7. The molecule has 8 nitrogen and oxygen atoms in total. The number of nitrogens with one attached hydrogen (secondary N) is 1. The predicted molar refractivity (Wildman–Crippen MR) is 199 cm³/mol. The Hall–Kier alpha value is -5.15. The molecule has 7 rings (SSSR count). The van der Waals surface area contributed by atoms with Gasteiger partial charge in [-0.1, -0.05) is 94.4 Å². The van der Waals surface area contributed by atoms with E-state index >= 15 is 0 Å². The standard InChI is InChI=1S/C42H42N2O3.O3S/c1-5-8-37(45)30-13-11-27(12-14-30)25-34(28-15-17-29(18-16-28)35-26-32-23-24-42(35,4)41(32,2)3)39(46)43-33-21-19-31(20-22-33)40-44-36-9-6-7-10-38(36)47-40;1-4(2)3/h6-7,9-22,26,32,34H,5,8,23-25H2,1-4H3,(H,43,46);/t32?,34-,42?;/m0./s1. The van der Waals surface area contributed by atoms with Crippen LogP contribution in [0.1, 0.15) is 86.3 Å². The summed E-state index contributed by atoms with van der Waals surface area (Å²) in [6.45, 7) is 9.24. The van der Waals surface area contributed by atoms with E-state index in [1.165, 1.54) is 24.0 Å². The molecule has 5 aromatic rings. The van der Waals surface area contributed by atoms with Crippen molar-refractivity contribution in [1.82, 2.24) is 4.98 Å². The van der Waals surface area contributed by atoms with Crippen LogP contribution in [0.4, 0.5) is 5.69 Å². The Bertz CT molecular complexity index is 2160. The van der Waals surface area contributed by atoms with Crippen LogP contribution in [0.15, 0.2) is 108 Å². The van der Waals surface area contributed by atoms with Crippen LogP contribution < -0.4 is 5.32 Å². The zero-order chi connectivity index (χ0) is 36.3. The van der Waals surface area contributed by atoms with Crippen molar-refractivity contribution < 1.29 is 26.6 Å². The molecule has 262 valence electrons. The highest BCUT2D eigenvalue weighted by Gasteiger charge is 2.57. The quantitative estimate of drug-likeness (QED) is 0.144. The first kappa shape index (κ1) is 35.7. The van der Waals surface area contributed by atoms with Crippen LogP contribution in [-0.2, 0) is 21.8 Å². The fourth-order valence-corrected chi connectivity index (χ4v) is 7.72. The van der Waals surface area contributed by atoms with Crippen LogP contribution in [0.5, 0.6) is 0 Å². The van der Waals surface area contributed by atoms with Crippen molar-refractivity contribution in [1.29, 1.82) is 0 Å². The molecule has 1 saturated carbocycles. The number of benzene rings is 4. The van der Waals surface area contributed by atoms with E-state index in [2.05, 4.69) is 61.4 Å². The Morgan fingerprint density at radius 3 is 2.12 bits per heavy atom. The molecule has 1 N–H and O–H groups in total. The van der Waals surface area contributed by atoms with Gasteiger partial charge in [-0.25, -0.2) is 4.98 Å². The number of carbonyl (C=O) groups excluding carboxylic acids is 2. The van der Waals surface area contributed by atoms with Crippen LogP contribution in [0, 0.1) is 16.7 Å². The molecule has 2 aliphatic rings. The van der Waals surface area contributed by atoms with Gasteiger partial charge in [0.15, 0.2) is 11.4 Å². The lowest BCUT2D eigenvalue weighted by molar-refractivity contribution is -0.117. The monoisotopic (exact) mass is 702 g/mol. The third-order valence-electron chi connectivity index (χ3n) is 11.1. The number of amides is 1. The van der Waals surface area contributed by atoms with Gasteiger partial charge in [0.05, 0.1) is 5.92 Å². The van der Waals surface area contributed by atoms with Crippen LogP contribution in [-0.4, -0.2) is 29.3 Å². The molecule has 2 aliphatic carbocycles. The van der Waals surface area contributed by atoms with E-state index in [0.29, 0.717) is 30.3 Å². The van der Waals surface area contributed by atoms with Gasteiger partial charge in [0.25, 0.3) is 0 Å². The average molecular weight is 703 g/mol. The lowest BCUT2D eigenvalue weighted by atomic mass is 9.66. The second-order valence-electron chi connectivity index (χ2n) is 14.3. The molecular formula is C42H42N2O6S. The molecule has 2 bridgehead atoms. The van der Waals surface area contributed by atoms with Crippen molar-refractivity contribution >= 4 is 44.7 Å². The van der Waals surface area contributed by atoms with Gasteiger partial charge in [0.2, 0.25) is 11.8 Å². The number of oxazole rings is 1. The van der Waals surface area contributed by atoms with E-state index in [1.807, 2.05) is 79.7 Å². The van der Waals surface area contributed by atoms with E-state index in [-0.39, 0.29) is 22.5 Å². The topological polar surface area (TPSA) is 123 Å². The Kier molecular flexibility index (Phi) is 10.2. The minimum Gasteiger partial charge on any atom is -0.436 e. The SMILES string of the molecule is CCCC(=O)c1ccc(C[C@H](C(=O)Nc2ccc(-c3nc4ccccc4o3)cc2)c2ccc(C3=CC4CCC3(C)C4(C)C)cc2)cc1.O=S(=O)=O. The number of anilines is 1. The summed E-state index contributed by atoms with van der Waals surface area (Å²) in [5.74, 6) is 0.814. The van der Waals surface area contributed by atoms with E-state index in [1.54, 1.807) is 0 Å². The summed E-state index contributed by atoms with van der Waals surface area (Å²) < 4.78 is 31.3. The average Bonchev–Trinajstić information content (AvgIpc) is 3.71. The largest absolute Gasteiger partial charge is 0.436 e. The molecule has 0 saturated heterocycles. The van der Waals surface area contributed by atoms with Gasteiger partial charge in [0.1, 0.15) is 5.52 Å². The second kappa shape index (κ2) is 14.6. The minimum atomic E-state index is -3.11. The number of nitrogens with zero attached hydrogens (tertiary/aromatic N) is 1. The molecule has 0 aliphatic heterocycles. The van der Waals surface area contributed by atoms with Gasteiger partial charge in [0, 0.05) is 23.2 Å². The maximum Gasteiger partial charge on any atom is 0.425 e. The molecule has 0 spiro atoms. The lowest BCUT2D eigenvalue weighted by Gasteiger charge is -2.37. The smallest absolute Gasteiger partial charge is 0.425 e. The van der Waals surface area contributed by atoms with Gasteiger partial charge in [-0.2, -0.15) is 0 Å². The fourth-order valence-electron chi connectivity index (χ4n) is 7.72. The number of hydrogen-bond donors (Lipinski definition) is 1. The highest BCUT2D eigenvalue weighted by molar-refractivity contribution is 7.59. The van der Waals surface area contributed by atoms with Gasteiger partial charge >= 0.3 is 10.6 Å². The summed E-state index contributed by atoms with van der Waals surface area (Å²) in [6.07, 6.45) is 6.84. The van der Waals surface area contributed by atoms with Crippen LogP contribution in [0.2, 0.25) is 0 Å². The van der Waals surface area contributed by atoms with Crippen LogP contribution >= 0.6 is 0 Å². The molecule has 3 atom stereocenters. The number of aromatic nitrogens is 1. The molecule has 2 unspecified atom stereocenters. The summed E-state index contributed by atoms with van der Waals surface area (Å²) in [5, 5.41) is 3.17. The maximum absolute atomic E-state index is 14.0. The van der Waals surface area contributed by atoms with Gasteiger partial charge in [-0.3, -0.25) is 9.59 Å². The first-order chi connectivity index (χ1) is 24.4. The highest BCUT2D eigenvalue weighted by atomic mass is 32.2. The van der Waals surface area contributed by atoms with Crippen molar-refractivity contribution in [2.24, 2.45) is 16.7 Å². The van der Waals surface area contributed by atoms with Crippen molar-refractivity contribution in [3.8, 4) is 11.5 Å². The summed E-state index contributed by atoms with van der Waals surface area (Å²) in [6, 6.07) is 31.7. The van der Waals surface area contributed by atoms with E-state index in [9.17, 15) is 9.59 Å². The Morgan fingerprint density at radius 2 is 1.53 bits per heavy atom. The lowest BCUT2D eigenvalue weighted by Crippen LogP contribution is -2.29. The van der Waals surface area contributed by atoms with Crippen molar-refractivity contribution in [3.05, 3.63) is 125 Å². The number of fused-ring (bicyclic) bond motifs is 3. The Labute approximate surface area is 300 Å². The number of rotatable bonds is 10. The molecule has 0 radical (unpaired) electrons. The summed E-state index contributed by atoms with van der Waals surface area (Å²) in [4.78, 5) is 31.1. The predicted octanol–water partition coefficient (Wildman–Crippen LogP) is 9.28. The van der Waals surface area contributed by atoms with E-state index in [0.717, 1.165) is 39.8 Å². The fraction of sp³-hybridized carbons (Fsp3) is 0.310. The molecule has 1 aromatic heterocycles. The highest BCUT2D eigenvalue weighted by Crippen LogP contribution is 2.67. The molecule has 4 aromatic carbocycles. The zero-order valence-electron chi connectivity index (χ0n) is 29.3. The molecule has 51 heavy (non-hydrogen) atoms. The zero-order valence-corrected chi connectivity index (χ0v) is 30.1. The molecule has 1 fully saturated rings. The number of allylic oxidation sites excluding steroid dienone is 2. The van der Waals surface area contributed by atoms with Gasteiger partial charge in [-0.05, 0) is 101 Å². The summed E-state index contributed by atoms with van der Waals surface area (Å²) >= 11 is 0. The third kappa shape index (κ3) is 7.35. The summed E-state index contributed by atoms with van der Waals surface area (Å²) in [5.41, 5.74) is 8.91.